The van der Waals surface area contributed by atoms with Crippen molar-refractivity contribution in [1.82, 2.24) is 15.3 Å². The molecule has 1 aliphatic heterocycles. The van der Waals surface area contributed by atoms with E-state index in [0.29, 0.717) is 5.56 Å². The maximum absolute atomic E-state index is 15.0. The van der Waals surface area contributed by atoms with Gasteiger partial charge in [-0.1, -0.05) is 36.4 Å². The summed E-state index contributed by atoms with van der Waals surface area (Å²) in [7, 11) is 1.46. The first-order valence-corrected chi connectivity index (χ1v) is 9.97. The molecule has 2 atom stereocenters. The van der Waals surface area contributed by atoms with E-state index in [1.165, 1.54) is 7.11 Å². The van der Waals surface area contributed by atoms with E-state index >= 15 is 4.39 Å². The van der Waals surface area contributed by atoms with Crippen molar-refractivity contribution in [3.8, 4) is 16.9 Å². The second-order valence-corrected chi connectivity index (χ2v) is 7.45. The summed E-state index contributed by atoms with van der Waals surface area (Å²) in [6, 6.07) is 20.8. The quantitative estimate of drug-likeness (QED) is 0.527. The van der Waals surface area contributed by atoms with Crippen LogP contribution in [0, 0.1) is 5.82 Å². The van der Waals surface area contributed by atoms with E-state index in [1.54, 1.807) is 36.8 Å². The third kappa shape index (κ3) is 3.00. The molecule has 2 aromatic carbocycles. The van der Waals surface area contributed by atoms with Gasteiger partial charge in [0, 0.05) is 29.7 Å². The molecule has 2 unspecified atom stereocenters. The van der Waals surface area contributed by atoms with Gasteiger partial charge in [-0.2, -0.15) is 0 Å². The standard InChI is InChI=1S/C25H21FN4O/c1-31-21-9-3-7-19(22(21)26)16-5-2-6-18(15-16)25(17-10-13-28-14-11-17)20-8-4-12-29-23(20)24(27)30-25/h2-15,24,30H,27H2,1H3. The van der Waals surface area contributed by atoms with E-state index in [9.17, 15) is 0 Å². The lowest BCUT2D eigenvalue weighted by atomic mass is 9.78. The Morgan fingerprint density at radius 3 is 2.58 bits per heavy atom. The van der Waals surface area contributed by atoms with Gasteiger partial charge >= 0.3 is 0 Å². The Kier molecular flexibility index (Phi) is 4.73. The van der Waals surface area contributed by atoms with Crippen LogP contribution < -0.4 is 15.8 Å². The molecule has 0 spiro atoms. The molecule has 5 rings (SSSR count). The van der Waals surface area contributed by atoms with Crippen LogP contribution in [0.25, 0.3) is 11.1 Å². The third-order valence-electron chi connectivity index (χ3n) is 5.81. The predicted octanol–water partition coefficient (Wildman–Crippen LogP) is 4.14. The van der Waals surface area contributed by atoms with Crippen molar-refractivity contribution in [3.63, 3.8) is 0 Å². The number of nitrogens with zero attached hydrogens (tertiary/aromatic N) is 2. The second kappa shape index (κ2) is 7.58. The Bertz CT molecular complexity index is 1250. The van der Waals surface area contributed by atoms with Gasteiger partial charge in [-0.3, -0.25) is 15.3 Å². The van der Waals surface area contributed by atoms with Crippen molar-refractivity contribution < 1.29 is 9.13 Å². The normalized spacial score (nSPS) is 19.8. The van der Waals surface area contributed by atoms with Crippen molar-refractivity contribution in [2.75, 3.05) is 7.11 Å². The smallest absolute Gasteiger partial charge is 0.172 e. The largest absolute Gasteiger partial charge is 0.494 e. The number of halogens is 1. The molecule has 0 saturated heterocycles. The summed E-state index contributed by atoms with van der Waals surface area (Å²) in [6.07, 6.45) is 4.81. The van der Waals surface area contributed by atoms with Crippen LogP contribution in [-0.4, -0.2) is 17.1 Å². The van der Waals surface area contributed by atoms with Crippen LogP contribution in [0.1, 0.15) is 28.6 Å². The van der Waals surface area contributed by atoms with Gasteiger partial charge in [0.2, 0.25) is 0 Å². The summed E-state index contributed by atoms with van der Waals surface area (Å²) in [6.45, 7) is 0. The molecule has 0 bridgehead atoms. The molecular formula is C25H21FN4O. The average Bonchev–Trinajstić information content (AvgIpc) is 3.13. The van der Waals surface area contributed by atoms with Crippen LogP contribution in [0.3, 0.4) is 0 Å². The SMILES string of the molecule is COc1cccc(-c2cccc(C3(c4ccncc4)NC(N)c4ncccc43)c2)c1F. The highest BCUT2D eigenvalue weighted by molar-refractivity contribution is 5.68. The molecule has 3 N–H and O–H groups in total. The Hall–Kier alpha value is -3.61. The molecule has 31 heavy (non-hydrogen) atoms. The number of ether oxygens (including phenoxy) is 1. The van der Waals surface area contributed by atoms with Crippen molar-refractivity contribution in [2.45, 2.75) is 11.7 Å². The summed E-state index contributed by atoms with van der Waals surface area (Å²) in [4.78, 5) is 8.70. The summed E-state index contributed by atoms with van der Waals surface area (Å²) in [5, 5.41) is 3.55. The highest BCUT2D eigenvalue weighted by atomic mass is 19.1. The Morgan fingerprint density at radius 2 is 1.77 bits per heavy atom. The van der Waals surface area contributed by atoms with E-state index in [0.717, 1.165) is 27.9 Å². The Labute approximate surface area is 179 Å². The fourth-order valence-corrected chi connectivity index (χ4v) is 4.42. The molecule has 0 amide bonds. The van der Waals surface area contributed by atoms with Crippen LogP contribution in [0.4, 0.5) is 4.39 Å². The molecule has 0 radical (unpaired) electrons. The summed E-state index contributed by atoms with van der Waals surface area (Å²) in [5.74, 6) is -0.180. The zero-order valence-electron chi connectivity index (χ0n) is 16.9. The van der Waals surface area contributed by atoms with Crippen LogP contribution in [0.5, 0.6) is 5.75 Å². The molecule has 1 aliphatic rings. The molecule has 6 heteroatoms. The van der Waals surface area contributed by atoms with Gasteiger partial charge in [0.1, 0.15) is 6.17 Å². The number of pyridine rings is 2. The summed E-state index contributed by atoms with van der Waals surface area (Å²) in [5.41, 5.74) is 10.6. The topological polar surface area (TPSA) is 73.1 Å². The minimum absolute atomic E-state index is 0.210. The maximum atomic E-state index is 15.0. The fraction of sp³-hybridized carbons (Fsp3) is 0.120. The Morgan fingerprint density at radius 1 is 0.968 bits per heavy atom. The van der Waals surface area contributed by atoms with E-state index in [-0.39, 0.29) is 5.75 Å². The Balaban J connectivity index is 1.75. The molecule has 154 valence electrons. The van der Waals surface area contributed by atoms with Gasteiger partial charge in [0.05, 0.1) is 18.3 Å². The molecule has 3 heterocycles. The molecule has 0 saturated carbocycles. The van der Waals surface area contributed by atoms with Gasteiger partial charge in [-0.15, -0.1) is 0 Å². The van der Waals surface area contributed by atoms with Gasteiger partial charge in [0.25, 0.3) is 0 Å². The number of benzene rings is 2. The molecule has 2 aromatic heterocycles. The highest BCUT2D eigenvalue weighted by Crippen LogP contribution is 2.45. The van der Waals surface area contributed by atoms with Crippen LogP contribution in [-0.2, 0) is 5.54 Å². The number of hydrogen-bond donors (Lipinski definition) is 2. The molecule has 0 fully saturated rings. The number of nitrogens with two attached hydrogens (primary N) is 1. The van der Waals surface area contributed by atoms with Gasteiger partial charge < -0.3 is 10.5 Å². The lowest BCUT2D eigenvalue weighted by molar-refractivity contribution is 0.387. The summed E-state index contributed by atoms with van der Waals surface area (Å²) >= 11 is 0. The first kappa shape index (κ1) is 19.4. The number of nitrogens with one attached hydrogen (secondary N) is 1. The van der Waals surface area contributed by atoms with Crippen LogP contribution >= 0.6 is 0 Å². The molecule has 0 aliphatic carbocycles. The number of methoxy groups -OCH3 is 1. The van der Waals surface area contributed by atoms with E-state index in [4.69, 9.17) is 10.5 Å². The van der Waals surface area contributed by atoms with E-state index in [1.807, 2.05) is 48.5 Å². The molecule has 5 nitrogen and oxygen atoms in total. The summed E-state index contributed by atoms with van der Waals surface area (Å²) < 4.78 is 20.2. The third-order valence-corrected chi connectivity index (χ3v) is 5.81. The van der Waals surface area contributed by atoms with Gasteiger partial charge in [-0.25, -0.2) is 4.39 Å². The predicted molar refractivity (Wildman–Crippen MR) is 117 cm³/mol. The monoisotopic (exact) mass is 412 g/mol. The van der Waals surface area contributed by atoms with E-state index < -0.39 is 17.5 Å². The second-order valence-electron chi connectivity index (χ2n) is 7.45. The highest BCUT2D eigenvalue weighted by Gasteiger charge is 2.45. The number of hydrogen-bond acceptors (Lipinski definition) is 5. The van der Waals surface area contributed by atoms with Crippen LogP contribution in [0.15, 0.2) is 85.3 Å². The van der Waals surface area contributed by atoms with Crippen LogP contribution in [0.2, 0.25) is 0 Å². The lowest BCUT2D eigenvalue weighted by Crippen LogP contribution is -2.42. The minimum atomic E-state index is -0.739. The first-order valence-electron chi connectivity index (χ1n) is 9.97. The molecular weight excluding hydrogens is 391 g/mol. The van der Waals surface area contributed by atoms with E-state index in [2.05, 4.69) is 15.3 Å². The lowest BCUT2D eigenvalue weighted by Gasteiger charge is -2.33. The first-order chi connectivity index (χ1) is 15.1. The van der Waals surface area contributed by atoms with Gasteiger partial charge in [-0.05, 0) is 47.0 Å². The fourth-order valence-electron chi connectivity index (χ4n) is 4.42. The number of fused-ring (bicyclic) bond motifs is 1. The average molecular weight is 412 g/mol. The van der Waals surface area contributed by atoms with Crippen molar-refractivity contribution in [2.24, 2.45) is 5.73 Å². The number of aromatic nitrogens is 2. The zero-order chi connectivity index (χ0) is 21.4. The maximum Gasteiger partial charge on any atom is 0.172 e. The number of rotatable bonds is 4. The van der Waals surface area contributed by atoms with Gasteiger partial charge in [0.15, 0.2) is 11.6 Å². The minimum Gasteiger partial charge on any atom is -0.494 e. The van der Waals surface area contributed by atoms with Crippen molar-refractivity contribution in [3.05, 3.63) is 114 Å². The van der Waals surface area contributed by atoms with Crippen molar-refractivity contribution in [1.29, 1.82) is 0 Å². The zero-order valence-corrected chi connectivity index (χ0v) is 16.9. The molecule has 4 aromatic rings. The van der Waals surface area contributed by atoms with Crippen molar-refractivity contribution >= 4 is 0 Å².